The molecule has 0 saturated carbocycles. The van der Waals surface area contributed by atoms with Crippen LogP contribution in [0.2, 0.25) is 10.0 Å². The number of benzene rings is 1. The van der Waals surface area contributed by atoms with E-state index in [1.807, 2.05) is 20.8 Å². The predicted molar refractivity (Wildman–Crippen MR) is 93.3 cm³/mol. The number of hydrogen-bond donors (Lipinski definition) is 2. The summed E-state index contributed by atoms with van der Waals surface area (Å²) < 4.78 is 0. The molecule has 0 atom stereocenters. The van der Waals surface area contributed by atoms with E-state index in [9.17, 15) is 0 Å². The minimum absolute atomic E-state index is 0.156. The Kier molecular flexibility index (Phi) is 5.36. The number of hydrogen-bond acceptors (Lipinski definition) is 6. The Morgan fingerprint density at radius 2 is 1.59 bits per heavy atom. The van der Waals surface area contributed by atoms with E-state index in [2.05, 4.69) is 25.6 Å². The van der Waals surface area contributed by atoms with Gasteiger partial charge in [-0.15, -0.1) is 0 Å². The SMILES string of the molecule is CNc1nc(NC(C)(C)C)nc(Sc2c(Cl)cccc2Cl)n1. The summed E-state index contributed by atoms with van der Waals surface area (Å²) in [6, 6.07) is 5.36. The molecule has 1 heterocycles. The van der Waals surface area contributed by atoms with Gasteiger partial charge in [0.05, 0.1) is 14.9 Å². The van der Waals surface area contributed by atoms with Crippen molar-refractivity contribution in [2.45, 2.75) is 36.4 Å². The summed E-state index contributed by atoms with van der Waals surface area (Å²) in [5.41, 5.74) is -0.156. The van der Waals surface area contributed by atoms with E-state index in [4.69, 9.17) is 23.2 Å². The van der Waals surface area contributed by atoms with Crippen molar-refractivity contribution in [3.63, 3.8) is 0 Å². The predicted octanol–water partition coefficient (Wildman–Crippen LogP) is 4.58. The van der Waals surface area contributed by atoms with Gasteiger partial charge in [-0.2, -0.15) is 15.0 Å². The maximum atomic E-state index is 6.19. The number of nitrogens with zero attached hydrogens (tertiary/aromatic N) is 3. The van der Waals surface area contributed by atoms with Crippen LogP contribution in [0.15, 0.2) is 28.3 Å². The molecule has 22 heavy (non-hydrogen) atoms. The van der Waals surface area contributed by atoms with Crippen LogP contribution in [0.25, 0.3) is 0 Å². The first-order chi connectivity index (χ1) is 10.3. The highest BCUT2D eigenvalue weighted by Gasteiger charge is 2.15. The van der Waals surface area contributed by atoms with E-state index in [-0.39, 0.29) is 5.54 Å². The highest BCUT2D eigenvalue weighted by Crippen LogP contribution is 2.37. The summed E-state index contributed by atoms with van der Waals surface area (Å²) in [6.07, 6.45) is 0. The van der Waals surface area contributed by atoms with Gasteiger partial charge < -0.3 is 10.6 Å². The van der Waals surface area contributed by atoms with Crippen LogP contribution in [-0.2, 0) is 0 Å². The molecule has 0 aliphatic carbocycles. The number of aromatic nitrogens is 3. The average Bonchev–Trinajstić information content (AvgIpc) is 2.41. The van der Waals surface area contributed by atoms with Gasteiger partial charge in [-0.3, -0.25) is 0 Å². The van der Waals surface area contributed by atoms with Crippen molar-refractivity contribution >= 4 is 46.9 Å². The molecule has 2 rings (SSSR count). The molecule has 2 aromatic rings. The Labute approximate surface area is 144 Å². The van der Waals surface area contributed by atoms with Gasteiger partial charge >= 0.3 is 0 Å². The minimum atomic E-state index is -0.156. The molecule has 118 valence electrons. The standard InChI is InChI=1S/C14H17Cl2N5S/c1-14(2,3)21-12-18-11(17-4)19-13(20-12)22-10-8(15)6-5-7-9(10)16/h5-7H,1-4H3,(H2,17,18,19,20,21). The van der Waals surface area contributed by atoms with Gasteiger partial charge in [0.1, 0.15) is 0 Å². The fraction of sp³-hybridized carbons (Fsp3) is 0.357. The van der Waals surface area contributed by atoms with Crippen LogP contribution in [0.4, 0.5) is 11.9 Å². The Bertz CT molecular complexity index is 653. The molecular weight excluding hydrogens is 341 g/mol. The van der Waals surface area contributed by atoms with Crippen LogP contribution in [0.3, 0.4) is 0 Å². The van der Waals surface area contributed by atoms with Gasteiger partial charge in [-0.25, -0.2) is 0 Å². The number of rotatable bonds is 4. The van der Waals surface area contributed by atoms with E-state index in [0.717, 1.165) is 4.90 Å². The molecule has 0 radical (unpaired) electrons. The van der Waals surface area contributed by atoms with Gasteiger partial charge in [-0.05, 0) is 44.7 Å². The zero-order chi connectivity index (χ0) is 16.3. The van der Waals surface area contributed by atoms with E-state index < -0.39 is 0 Å². The maximum Gasteiger partial charge on any atom is 0.228 e. The van der Waals surface area contributed by atoms with Crippen molar-refractivity contribution in [3.05, 3.63) is 28.2 Å². The topological polar surface area (TPSA) is 62.7 Å². The van der Waals surface area contributed by atoms with Crippen molar-refractivity contribution < 1.29 is 0 Å². The lowest BCUT2D eigenvalue weighted by molar-refractivity contribution is 0.622. The third kappa shape index (κ3) is 4.63. The number of anilines is 2. The van der Waals surface area contributed by atoms with E-state index >= 15 is 0 Å². The molecule has 0 amide bonds. The third-order valence-corrected chi connectivity index (χ3v) is 4.30. The van der Waals surface area contributed by atoms with E-state index in [1.54, 1.807) is 25.2 Å². The first-order valence-electron chi connectivity index (χ1n) is 6.62. The van der Waals surface area contributed by atoms with Crippen LogP contribution in [-0.4, -0.2) is 27.5 Å². The molecule has 0 unspecified atom stereocenters. The van der Waals surface area contributed by atoms with Gasteiger partial charge in [0.2, 0.25) is 11.9 Å². The first-order valence-corrected chi connectivity index (χ1v) is 8.19. The fourth-order valence-electron chi connectivity index (χ4n) is 1.58. The molecule has 8 heteroatoms. The minimum Gasteiger partial charge on any atom is -0.357 e. The second-order valence-electron chi connectivity index (χ2n) is 5.54. The Balaban J connectivity index is 2.36. The Hall–Kier alpha value is -1.24. The van der Waals surface area contributed by atoms with Crippen molar-refractivity contribution in [2.24, 2.45) is 0 Å². The van der Waals surface area contributed by atoms with E-state index in [1.165, 1.54) is 11.8 Å². The van der Waals surface area contributed by atoms with Gasteiger partial charge in [0.25, 0.3) is 0 Å². The van der Waals surface area contributed by atoms with Gasteiger partial charge in [-0.1, -0.05) is 29.3 Å². The number of nitrogens with one attached hydrogen (secondary N) is 2. The third-order valence-electron chi connectivity index (χ3n) is 2.44. The van der Waals surface area contributed by atoms with Gasteiger partial charge in [0, 0.05) is 12.6 Å². The summed E-state index contributed by atoms with van der Waals surface area (Å²) in [5, 5.41) is 7.80. The van der Waals surface area contributed by atoms with Crippen molar-refractivity contribution in [1.29, 1.82) is 0 Å². The molecule has 0 fully saturated rings. The lowest BCUT2D eigenvalue weighted by Crippen LogP contribution is -2.27. The van der Waals surface area contributed by atoms with Crippen LogP contribution in [0.1, 0.15) is 20.8 Å². The molecule has 1 aromatic heterocycles. The average molecular weight is 358 g/mol. The summed E-state index contributed by atoms with van der Waals surface area (Å²) >= 11 is 13.7. The molecule has 0 aliphatic heterocycles. The molecule has 0 bridgehead atoms. The van der Waals surface area contributed by atoms with Crippen molar-refractivity contribution in [1.82, 2.24) is 15.0 Å². The normalized spacial score (nSPS) is 11.4. The largest absolute Gasteiger partial charge is 0.357 e. The molecule has 0 aliphatic rings. The zero-order valence-electron chi connectivity index (χ0n) is 12.7. The smallest absolute Gasteiger partial charge is 0.228 e. The molecule has 1 aromatic carbocycles. The quantitative estimate of drug-likeness (QED) is 0.834. The molecule has 0 spiro atoms. The second kappa shape index (κ2) is 6.89. The van der Waals surface area contributed by atoms with Crippen molar-refractivity contribution in [2.75, 3.05) is 17.7 Å². The lowest BCUT2D eigenvalue weighted by Gasteiger charge is -2.20. The highest BCUT2D eigenvalue weighted by atomic mass is 35.5. The summed E-state index contributed by atoms with van der Waals surface area (Å²) in [5.74, 6) is 0.977. The van der Waals surface area contributed by atoms with Crippen LogP contribution in [0.5, 0.6) is 0 Å². The summed E-state index contributed by atoms with van der Waals surface area (Å²) in [6.45, 7) is 6.11. The van der Waals surface area contributed by atoms with Gasteiger partial charge in [0.15, 0.2) is 5.16 Å². The first kappa shape index (κ1) is 17.1. The van der Waals surface area contributed by atoms with Crippen molar-refractivity contribution in [3.8, 4) is 0 Å². The Morgan fingerprint density at radius 3 is 2.14 bits per heavy atom. The molecular formula is C14H17Cl2N5S. The maximum absolute atomic E-state index is 6.19. The molecule has 2 N–H and O–H groups in total. The monoisotopic (exact) mass is 357 g/mol. The molecule has 0 saturated heterocycles. The van der Waals surface area contributed by atoms with E-state index in [0.29, 0.717) is 27.1 Å². The highest BCUT2D eigenvalue weighted by molar-refractivity contribution is 7.99. The lowest BCUT2D eigenvalue weighted by atomic mass is 10.1. The Morgan fingerprint density at radius 1 is 1.00 bits per heavy atom. The number of halogens is 2. The van der Waals surface area contributed by atoms with Crippen LogP contribution >= 0.6 is 35.0 Å². The summed E-state index contributed by atoms with van der Waals surface area (Å²) in [7, 11) is 1.76. The summed E-state index contributed by atoms with van der Waals surface area (Å²) in [4.78, 5) is 13.8. The van der Waals surface area contributed by atoms with Crippen LogP contribution in [0, 0.1) is 0 Å². The van der Waals surface area contributed by atoms with Crippen LogP contribution < -0.4 is 10.6 Å². The zero-order valence-corrected chi connectivity index (χ0v) is 15.1. The molecule has 5 nitrogen and oxygen atoms in total. The second-order valence-corrected chi connectivity index (χ2v) is 7.33. The fourth-order valence-corrected chi connectivity index (χ4v) is 2.98.